The summed E-state index contributed by atoms with van der Waals surface area (Å²) < 4.78 is 6.29. The summed E-state index contributed by atoms with van der Waals surface area (Å²) in [4.78, 5) is 18.9. The van der Waals surface area contributed by atoms with E-state index < -0.39 is 0 Å². The summed E-state index contributed by atoms with van der Waals surface area (Å²) in [5.74, 6) is 2.09. The lowest BCUT2D eigenvalue weighted by Crippen LogP contribution is -2.49. The molecule has 4 heterocycles. The number of hydrogen-bond donors (Lipinski definition) is 2. The lowest BCUT2D eigenvalue weighted by Gasteiger charge is -2.36. The van der Waals surface area contributed by atoms with E-state index >= 15 is 0 Å². The van der Waals surface area contributed by atoms with E-state index in [0.29, 0.717) is 17.6 Å². The molecule has 0 spiro atoms. The predicted octanol–water partition coefficient (Wildman–Crippen LogP) is 6.14. The summed E-state index contributed by atoms with van der Waals surface area (Å²) in [6.45, 7) is 13.2. The van der Waals surface area contributed by atoms with Gasteiger partial charge in [-0.1, -0.05) is 48.6 Å². The van der Waals surface area contributed by atoms with Crippen molar-refractivity contribution in [1.82, 2.24) is 24.8 Å². The van der Waals surface area contributed by atoms with Gasteiger partial charge in [-0.2, -0.15) is 0 Å². The van der Waals surface area contributed by atoms with Crippen molar-refractivity contribution in [3.8, 4) is 22.1 Å². The molecule has 2 N–H and O–H groups in total. The number of pyridine rings is 2. The van der Waals surface area contributed by atoms with Gasteiger partial charge in [0.1, 0.15) is 23.1 Å². The SMILES string of the molecule is CCc1nc(-c2ccccc2)c(Oc2ccnc(Nc3ccc(NCCN4CCN(C(C)C)CC4)cn3)c2)s1. The first kappa shape index (κ1) is 27.1. The van der Waals surface area contributed by atoms with Crippen molar-refractivity contribution in [1.29, 1.82) is 0 Å². The molecule has 0 saturated carbocycles. The van der Waals surface area contributed by atoms with Gasteiger partial charge in [-0.25, -0.2) is 15.0 Å². The summed E-state index contributed by atoms with van der Waals surface area (Å²) in [5.41, 5.74) is 2.92. The van der Waals surface area contributed by atoms with Crippen LogP contribution in [-0.4, -0.2) is 70.1 Å². The highest BCUT2D eigenvalue weighted by atomic mass is 32.1. The molecule has 0 unspecified atom stereocenters. The molecule has 204 valence electrons. The molecule has 1 aliphatic heterocycles. The average Bonchev–Trinajstić information content (AvgIpc) is 3.38. The Bertz CT molecular complexity index is 1320. The van der Waals surface area contributed by atoms with Crippen LogP contribution >= 0.6 is 11.3 Å². The molecule has 8 nitrogen and oxygen atoms in total. The number of benzene rings is 1. The van der Waals surface area contributed by atoms with Crippen LogP contribution in [0.2, 0.25) is 0 Å². The highest BCUT2D eigenvalue weighted by Gasteiger charge is 2.18. The standard InChI is InChI=1S/C30H37N7OS/c1-4-28-35-29(23-8-6-5-7-9-23)30(39-28)38-25-12-13-32-27(20-25)34-26-11-10-24(21-33-26)31-14-15-36-16-18-37(19-17-36)22(2)3/h5-13,20-22,31H,4,14-19H2,1-3H3,(H,32,33,34). The van der Waals surface area contributed by atoms with Gasteiger partial charge in [0.05, 0.1) is 16.9 Å². The maximum absolute atomic E-state index is 6.29. The van der Waals surface area contributed by atoms with Crippen LogP contribution in [0.1, 0.15) is 25.8 Å². The van der Waals surface area contributed by atoms with Crippen molar-refractivity contribution in [2.45, 2.75) is 33.2 Å². The number of hydrogen-bond acceptors (Lipinski definition) is 9. The Hall–Kier alpha value is -3.53. The zero-order valence-electron chi connectivity index (χ0n) is 22.9. The number of rotatable bonds is 11. The highest BCUT2D eigenvalue weighted by molar-refractivity contribution is 7.14. The molecule has 3 aromatic heterocycles. The average molecular weight is 544 g/mol. The van der Waals surface area contributed by atoms with Crippen LogP contribution in [0.25, 0.3) is 11.3 Å². The first-order valence-corrected chi connectivity index (χ1v) is 14.5. The molecule has 0 amide bonds. The lowest BCUT2D eigenvalue weighted by molar-refractivity contribution is 0.111. The Kier molecular flexibility index (Phi) is 9.03. The van der Waals surface area contributed by atoms with Gasteiger partial charge in [-0.15, -0.1) is 0 Å². The number of thiazole rings is 1. The van der Waals surface area contributed by atoms with Crippen LogP contribution in [0.5, 0.6) is 10.8 Å². The third kappa shape index (κ3) is 7.32. The number of aryl methyl sites for hydroxylation is 1. The Morgan fingerprint density at radius 3 is 2.51 bits per heavy atom. The molecule has 4 aromatic rings. The topological polar surface area (TPSA) is 78.4 Å². The van der Waals surface area contributed by atoms with Gasteiger partial charge in [0.15, 0.2) is 0 Å². The van der Waals surface area contributed by atoms with Crippen LogP contribution in [-0.2, 0) is 6.42 Å². The molecule has 1 aliphatic rings. The quantitative estimate of drug-likeness (QED) is 0.234. The van der Waals surface area contributed by atoms with E-state index in [0.717, 1.165) is 78.5 Å². The number of nitrogens with one attached hydrogen (secondary N) is 2. The summed E-state index contributed by atoms with van der Waals surface area (Å²) in [5, 5.41) is 8.61. The molecule has 1 saturated heterocycles. The van der Waals surface area contributed by atoms with Gasteiger partial charge < -0.3 is 15.4 Å². The molecule has 5 rings (SSSR count). The van der Waals surface area contributed by atoms with Crippen LogP contribution in [0, 0.1) is 0 Å². The molecule has 1 aromatic carbocycles. The minimum atomic E-state index is 0.633. The van der Waals surface area contributed by atoms with Crippen molar-refractivity contribution in [3.05, 3.63) is 72.0 Å². The largest absolute Gasteiger partial charge is 0.444 e. The fraction of sp³-hybridized carbons (Fsp3) is 0.367. The fourth-order valence-electron chi connectivity index (χ4n) is 4.56. The second kappa shape index (κ2) is 13.0. The van der Waals surface area contributed by atoms with Gasteiger partial charge in [-0.05, 0) is 38.5 Å². The Labute approximate surface area is 235 Å². The molecule has 0 atom stereocenters. The first-order chi connectivity index (χ1) is 19.1. The molecular weight excluding hydrogens is 506 g/mol. The third-order valence-electron chi connectivity index (χ3n) is 6.85. The molecule has 1 fully saturated rings. The monoisotopic (exact) mass is 543 g/mol. The van der Waals surface area contributed by atoms with Gasteiger partial charge in [0, 0.05) is 63.1 Å². The van der Waals surface area contributed by atoms with Crippen LogP contribution in [0.15, 0.2) is 67.0 Å². The molecule has 39 heavy (non-hydrogen) atoms. The van der Waals surface area contributed by atoms with Crippen molar-refractivity contribution in [2.75, 3.05) is 49.9 Å². The molecule has 9 heteroatoms. The van der Waals surface area contributed by atoms with E-state index in [2.05, 4.69) is 63.3 Å². The van der Waals surface area contributed by atoms with Gasteiger partial charge in [-0.3, -0.25) is 9.80 Å². The van der Waals surface area contributed by atoms with E-state index in [-0.39, 0.29) is 0 Å². The van der Waals surface area contributed by atoms with Crippen molar-refractivity contribution in [3.63, 3.8) is 0 Å². The van der Waals surface area contributed by atoms with Crippen LogP contribution in [0.4, 0.5) is 17.3 Å². The molecule has 0 aliphatic carbocycles. The third-order valence-corrected chi connectivity index (χ3v) is 7.92. The van der Waals surface area contributed by atoms with Crippen molar-refractivity contribution < 1.29 is 4.74 Å². The second-order valence-electron chi connectivity index (χ2n) is 9.90. The van der Waals surface area contributed by atoms with Crippen molar-refractivity contribution >= 4 is 28.7 Å². The summed E-state index contributed by atoms with van der Waals surface area (Å²) >= 11 is 1.58. The van der Waals surface area contributed by atoms with Crippen LogP contribution in [0.3, 0.4) is 0 Å². The maximum atomic E-state index is 6.29. The molecule has 0 radical (unpaired) electrons. The van der Waals surface area contributed by atoms with Gasteiger partial charge in [0.25, 0.3) is 0 Å². The summed E-state index contributed by atoms with van der Waals surface area (Å²) in [7, 11) is 0. The predicted molar refractivity (Wildman–Crippen MR) is 160 cm³/mol. The van der Waals surface area contributed by atoms with E-state index in [1.807, 2.05) is 48.7 Å². The van der Waals surface area contributed by atoms with Gasteiger partial charge in [0.2, 0.25) is 5.06 Å². The Morgan fingerprint density at radius 2 is 1.79 bits per heavy atom. The Morgan fingerprint density at radius 1 is 0.974 bits per heavy atom. The lowest BCUT2D eigenvalue weighted by atomic mass is 10.2. The minimum Gasteiger partial charge on any atom is -0.444 e. The van der Waals surface area contributed by atoms with Crippen LogP contribution < -0.4 is 15.4 Å². The zero-order valence-corrected chi connectivity index (χ0v) is 23.7. The minimum absolute atomic E-state index is 0.633. The Balaban J connectivity index is 1.15. The van der Waals surface area contributed by atoms with E-state index in [9.17, 15) is 0 Å². The normalized spacial score (nSPS) is 14.5. The number of anilines is 3. The summed E-state index contributed by atoms with van der Waals surface area (Å²) in [6.07, 6.45) is 4.45. The van der Waals surface area contributed by atoms with Crippen molar-refractivity contribution in [2.24, 2.45) is 0 Å². The number of piperazine rings is 1. The van der Waals surface area contributed by atoms with E-state index in [4.69, 9.17) is 9.72 Å². The number of ether oxygens (including phenoxy) is 1. The maximum Gasteiger partial charge on any atom is 0.208 e. The second-order valence-corrected chi connectivity index (χ2v) is 10.9. The smallest absolute Gasteiger partial charge is 0.208 e. The van der Waals surface area contributed by atoms with Gasteiger partial charge >= 0.3 is 0 Å². The first-order valence-electron chi connectivity index (χ1n) is 13.7. The molecule has 0 bridgehead atoms. The number of aromatic nitrogens is 3. The highest BCUT2D eigenvalue weighted by Crippen LogP contribution is 2.38. The number of nitrogens with zero attached hydrogens (tertiary/aromatic N) is 5. The zero-order chi connectivity index (χ0) is 27.0. The fourth-order valence-corrected chi connectivity index (χ4v) is 5.46. The van der Waals surface area contributed by atoms with E-state index in [1.54, 1.807) is 17.5 Å². The molecular formula is C30H37N7OS. The van der Waals surface area contributed by atoms with E-state index in [1.165, 1.54) is 0 Å². The summed E-state index contributed by atoms with van der Waals surface area (Å²) in [6, 6.07) is 18.5.